The molecule has 0 bridgehead atoms. The van der Waals surface area contributed by atoms with Crippen LogP contribution in [0.1, 0.15) is 329 Å². The third-order valence-electron chi connectivity index (χ3n) is 14.1. The van der Waals surface area contributed by atoms with Gasteiger partial charge >= 0.3 is 17.9 Å². The van der Waals surface area contributed by atoms with E-state index in [1.54, 1.807) is 0 Å². The molecule has 6 heteroatoms. The zero-order valence-electron chi connectivity index (χ0n) is 49.8. The predicted molar refractivity (Wildman–Crippen MR) is 325 cm³/mol. The van der Waals surface area contributed by atoms with Crippen LogP contribution in [-0.4, -0.2) is 37.2 Å². The highest BCUT2D eigenvalue weighted by Gasteiger charge is 2.19. The van der Waals surface area contributed by atoms with Crippen LogP contribution in [0.5, 0.6) is 0 Å². The number of hydrogen-bond donors (Lipinski definition) is 0. The van der Waals surface area contributed by atoms with Gasteiger partial charge in [-0.3, -0.25) is 14.4 Å². The summed E-state index contributed by atoms with van der Waals surface area (Å²) in [5.41, 5.74) is 0. The molecule has 0 fully saturated rings. The minimum atomic E-state index is -0.787. The van der Waals surface area contributed by atoms with Gasteiger partial charge < -0.3 is 14.2 Å². The van der Waals surface area contributed by atoms with Crippen LogP contribution in [0.3, 0.4) is 0 Å². The molecule has 0 aliphatic carbocycles. The fourth-order valence-corrected chi connectivity index (χ4v) is 9.26. The molecule has 0 aromatic heterocycles. The van der Waals surface area contributed by atoms with Crippen LogP contribution in [0, 0.1) is 0 Å². The van der Waals surface area contributed by atoms with Gasteiger partial charge in [0.2, 0.25) is 0 Å². The summed E-state index contributed by atoms with van der Waals surface area (Å²) >= 11 is 0. The van der Waals surface area contributed by atoms with Crippen LogP contribution >= 0.6 is 0 Å². The minimum absolute atomic E-state index is 0.0833. The van der Waals surface area contributed by atoms with E-state index in [-0.39, 0.29) is 31.1 Å². The van der Waals surface area contributed by atoms with Crippen molar-refractivity contribution in [3.63, 3.8) is 0 Å². The fourth-order valence-electron chi connectivity index (χ4n) is 9.26. The van der Waals surface area contributed by atoms with Crippen molar-refractivity contribution in [1.29, 1.82) is 0 Å². The summed E-state index contributed by atoms with van der Waals surface area (Å²) in [4.78, 5) is 38.2. The number of carbonyl (C=O) groups is 3. The predicted octanol–water partition coefficient (Wildman–Crippen LogP) is 22.1. The SMILES string of the molecule is CCC/C=C\C/C=C\CCCCCCCC(=O)OCC(COC(=O)CCCCCCCCCCCCCCCCCCCCC/C=C\C/C=C\CCCCCCC)OC(=O)CCCCCCC/C=C\C/C=C\CCC. The van der Waals surface area contributed by atoms with Crippen molar-refractivity contribution in [2.24, 2.45) is 0 Å². The van der Waals surface area contributed by atoms with Crippen LogP contribution in [0.4, 0.5) is 0 Å². The molecular formula is C69H122O6. The lowest BCUT2D eigenvalue weighted by molar-refractivity contribution is -0.167. The number of unbranched alkanes of at least 4 members (excludes halogenated alkanes) is 36. The van der Waals surface area contributed by atoms with E-state index in [1.807, 2.05) is 0 Å². The first-order valence-electron chi connectivity index (χ1n) is 32.4. The van der Waals surface area contributed by atoms with E-state index in [2.05, 4.69) is 93.7 Å². The topological polar surface area (TPSA) is 78.9 Å². The van der Waals surface area contributed by atoms with Crippen LogP contribution < -0.4 is 0 Å². The number of hydrogen-bond acceptors (Lipinski definition) is 6. The molecule has 0 aliphatic heterocycles. The first-order chi connectivity index (χ1) is 37.0. The molecular weight excluding hydrogens is 925 g/mol. The number of rotatable bonds is 59. The van der Waals surface area contributed by atoms with Crippen molar-refractivity contribution >= 4 is 17.9 Å². The lowest BCUT2D eigenvalue weighted by Gasteiger charge is -2.18. The molecule has 0 aromatic rings. The third kappa shape index (κ3) is 61.6. The molecule has 0 saturated heterocycles. The van der Waals surface area contributed by atoms with E-state index >= 15 is 0 Å². The Morgan fingerprint density at radius 2 is 0.507 bits per heavy atom. The van der Waals surface area contributed by atoms with Crippen molar-refractivity contribution < 1.29 is 28.6 Å². The molecule has 0 aromatic carbocycles. The highest BCUT2D eigenvalue weighted by Crippen LogP contribution is 2.17. The van der Waals surface area contributed by atoms with Gasteiger partial charge in [0.25, 0.3) is 0 Å². The average molecular weight is 1050 g/mol. The van der Waals surface area contributed by atoms with Gasteiger partial charge in [0.1, 0.15) is 13.2 Å². The molecule has 0 rings (SSSR count). The largest absolute Gasteiger partial charge is 0.462 e. The normalized spacial score (nSPS) is 12.5. The molecule has 75 heavy (non-hydrogen) atoms. The van der Waals surface area contributed by atoms with E-state index in [0.29, 0.717) is 19.3 Å². The Morgan fingerprint density at radius 1 is 0.267 bits per heavy atom. The van der Waals surface area contributed by atoms with Crippen molar-refractivity contribution in [3.05, 3.63) is 72.9 Å². The minimum Gasteiger partial charge on any atom is -0.462 e. The number of ether oxygens (including phenoxy) is 3. The maximum Gasteiger partial charge on any atom is 0.306 e. The van der Waals surface area contributed by atoms with E-state index in [1.165, 1.54) is 167 Å². The lowest BCUT2D eigenvalue weighted by atomic mass is 10.0. The van der Waals surface area contributed by atoms with E-state index in [4.69, 9.17) is 14.2 Å². The van der Waals surface area contributed by atoms with E-state index < -0.39 is 6.10 Å². The maximum atomic E-state index is 12.8. The van der Waals surface area contributed by atoms with Gasteiger partial charge in [0.15, 0.2) is 6.10 Å². The molecule has 0 heterocycles. The highest BCUT2D eigenvalue weighted by molar-refractivity contribution is 5.71. The molecule has 1 atom stereocenters. The van der Waals surface area contributed by atoms with Gasteiger partial charge in [0, 0.05) is 19.3 Å². The molecule has 0 radical (unpaired) electrons. The second-order valence-electron chi connectivity index (χ2n) is 21.7. The van der Waals surface area contributed by atoms with Gasteiger partial charge in [-0.1, -0.05) is 280 Å². The highest BCUT2D eigenvalue weighted by atomic mass is 16.6. The van der Waals surface area contributed by atoms with Gasteiger partial charge in [-0.25, -0.2) is 0 Å². The molecule has 0 saturated carbocycles. The Kier molecular flexibility index (Phi) is 60.7. The molecule has 0 amide bonds. The van der Waals surface area contributed by atoms with Crippen LogP contribution in [0.2, 0.25) is 0 Å². The Labute approximate surface area is 465 Å². The van der Waals surface area contributed by atoms with Crippen molar-refractivity contribution in [2.45, 2.75) is 335 Å². The quantitative estimate of drug-likeness (QED) is 0.0261. The van der Waals surface area contributed by atoms with Crippen molar-refractivity contribution in [3.8, 4) is 0 Å². The van der Waals surface area contributed by atoms with Crippen molar-refractivity contribution in [2.75, 3.05) is 13.2 Å². The number of esters is 3. The maximum absolute atomic E-state index is 12.8. The molecule has 0 N–H and O–H groups in total. The second-order valence-corrected chi connectivity index (χ2v) is 21.7. The van der Waals surface area contributed by atoms with Gasteiger partial charge in [-0.15, -0.1) is 0 Å². The van der Waals surface area contributed by atoms with Crippen LogP contribution in [0.15, 0.2) is 72.9 Å². The van der Waals surface area contributed by atoms with Crippen LogP contribution in [-0.2, 0) is 28.6 Å². The molecule has 0 aliphatic rings. The summed E-state index contributed by atoms with van der Waals surface area (Å²) in [6.45, 7) is 6.51. The molecule has 6 nitrogen and oxygen atoms in total. The second kappa shape index (κ2) is 63.4. The monoisotopic (exact) mass is 1050 g/mol. The summed E-state index contributed by atoms with van der Waals surface area (Å²) in [6.07, 6.45) is 82.2. The Hall–Kier alpha value is -3.15. The first-order valence-corrected chi connectivity index (χ1v) is 32.4. The Balaban J connectivity index is 4.13. The lowest BCUT2D eigenvalue weighted by Crippen LogP contribution is -2.30. The fraction of sp³-hybridized carbons (Fsp3) is 0.783. The molecule has 434 valence electrons. The first kappa shape index (κ1) is 71.8. The number of allylic oxidation sites excluding steroid dienone is 12. The summed E-state index contributed by atoms with van der Waals surface area (Å²) in [7, 11) is 0. The van der Waals surface area contributed by atoms with E-state index in [0.717, 1.165) is 122 Å². The Morgan fingerprint density at radius 3 is 0.787 bits per heavy atom. The summed E-state index contributed by atoms with van der Waals surface area (Å²) in [5.74, 6) is -0.901. The smallest absolute Gasteiger partial charge is 0.306 e. The van der Waals surface area contributed by atoms with Crippen LogP contribution in [0.25, 0.3) is 0 Å². The summed E-state index contributed by atoms with van der Waals surface area (Å²) in [6, 6.07) is 0. The van der Waals surface area contributed by atoms with Gasteiger partial charge in [-0.2, -0.15) is 0 Å². The van der Waals surface area contributed by atoms with Gasteiger partial charge in [0.05, 0.1) is 0 Å². The standard InChI is InChI=1S/C69H122O6/c1-4-7-10-13-16-19-22-25-26-27-28-29-30-31-32-33-34-35-36-37-38-39-40-41-42-45-47-50-53-56-59-62-68(71)74-65-66(75-69(72)63-60-57-54-51-48-44-24-21-18-15-12-9-6-3)64-73-67(70)61-58-55-52-49-46-43-23-20-17-14-11-8-5-2/h11-12,14-15,20-25,27-28,66H,4-10,13,16-19,26,29-65H2,1-3H3/b14-11-,15-12-,23-20-,24-21-,25-22-,28-27-. The average Bonchev–Trinajstić information content (AvgIpc) is 3.41. The Bertz CT molecular complexity index is 1390. The summed E-state index contributed by atoms with van der Waals surface area (Å²) < 4.78 is 16.9. The molecule has 1 unspecified atom stereocenters. The van der Waals surface area contributed by atoms with Crippen molar-refractivity contribution in [1.82, 2.24) is 0 Å². The zero-order valence-corrected chi connectivity index (χ0v) is 49.8. The van der Waals surface area contributed by atoms with Gasteiger partial charge in [-0.05, 0) is 103 Å². The third-order valence-corrected chi connectivity index (χ3v) is 14.1. The van der Waals surface area contributed by atoms with E-state index in [9.17, 15) is 14.4 Å². The molecule has 0 spiro atoms. The zero-order chi connectivity index (χ0) is 54.3. The summed E-state index contributed by atoms with van der Waals surface area (Å²) in [5, 5.41) is 0. The number of carbonyl (C=O) groups excluding carboxylic acids is 3.